The van der Waals surface area contributed by atoms with Crippen molar-refractivity contribution in [3.63, 3.8) is 0 Å². The molecule has 19 heavy (non-hydrogen) atoms. The largest absolute Gasteiger partial charge is 0.468 e. The molecular formula is C14H23N3O2. The van der Waals surface area contributed by atoms with Crippen molar-refractivity contribution in [1.82, 2.24) is 15.5 Å². The number of hydrogen-bond donors (Lipinski definition) is 2. The Morgan fingerprint density at radius 3 is 3.00 bits per heavy atom. The van der Waals surface area contributed by atoms with Crippen LogP contribution in [0.3, 0.4) is 0 Å². The first-order valence-corrected chi connectivity index (χ1v) is 6.89. The second-order valence-electron chi connectivity index (χ2n) is 5.24. The Morgan fingerprint density at radius 2 is 2.42 bits per heavy atom. The summed E-state index contributed by atoms with van der Waals surface area (Å²) >= 11 is 0. The summed E-state index contributed by atoms with van der Waals surface area (Å²) in [7, 11) is 3.97. The zero-order valence-electron chi connectivity index (χ0n) is 11.7. The zero-order chi connectivity index (χ0) is 13.7. The lowest BCUT2D eigenvalue weighted by atomic mass is 10.0. The van der Waals surface area contributed by atoms with Gasteiger partial charge in [0, 0.05) is 6.54 Å². The maximum atomic E-state index is 12.1. The number of likely N-dealkylation sites (N-methyl/N-ethyl adjacent to an activating group) is 1. The Balaban J connectivity index is 1.86. The van der Waals surface area contributed by atoms with Crippen molar-refractivity contribution in [2.75, 3.05) is 27.2 Å². The van der Waals surface area contributed by atoms with E-state index in [2.05, 4.69) is 10.6 Å². The number of furan rings is 1. The summed E-state index contributed by atoms with van der Waals surface area (Å²) < 4.78 is 5.43. The molecule has 0 spiro atoms. The number of piperidine rings is 1. The fourth-order valence-electron chi connectivity index (χ4n) is 2.41. The van der Waals surface area contributed by atoms with Crippen LogP contribution in [-0.2, 0) is 4.79 Å². The quantitative estimate of drug-likeness (QED) is 0.838. The fourth-order valence-corrected chi connectivity index (χ4v) is 2.41. The highest BCUT2D eigenvalue weighted by molar-refractivity contribution is 5.81. The molecule has 1 amide bonds. The molecule has 1 saturated heterocycles. The number of nitrogens with one attached hydrogen (secondary N) is 2. The van der Waals surface area contributed by atoms with E-state index in [1.807, 2.05) is 31.1 Å². The van der Waals surface area contributed by atoms with Gasteiger partial charge in [0.25, 0.3) is 0 Å². The maximum absolute atomic E-state index is 12.1. The van der Waals surface area contributed by atoms with Gasteiger partial charge in [-0.3, -0.25) is 9.69 Å². The minimum Gasteiger partial charge on any atom is -0.468 e. The lowest BCUT2D eigenvalue weighted by molar-refractivity contribution is -0.123. The van der Waals surface area contributed by atoms with E-state index in [1.165, 1.54) is 0 Å². The lowest BCUT2D eigenvalue weighted by Crippen LogP contribution is -2.48. The Labute approximate surface area is 114 Å². The predicted molar refractivity (Wildman–Crippen MR) is 73.8 cm³/mol. The molecule has 1 unspecified atom stereocenters. The summed E-state index contributed by atoms with van der Waals surface area (Å²) in [5.74, 6) is 0.972. The number of amides is 1. The number of carbonyl (C=O) groups excluding carboxylic acids is 1. The third-order valence-corrected chi connectivity index (χ3v) is 3.59. The first-order valence-electron chi connectivity index (χ1n) is 6.89. The van der Waals surface area contributed by atoms with Crippen LogP contribution in [0.4, 0.5) is 0 Å². The predicted octanol–water partition coefficient (Wildman–Crippen LogP) is 1.14. The van der Waals surface area contributed by atoms with Gasteiger partial charge < -0.3 is 15.1 Å². The van der Waals surface area contributed by atoms with E-state index in [0.717, 1.165) is 31.6 Å². The molecule has 5 heteroatoms. The van der Waals surface area contributed by atoms with E-state index in [-0.39, 0.29) is 18.0 Å². The van der Waals surface area contributed by atoms with Crippen LogP contribution < -0.4 is 10.6 Å². The second kappa shape index (κ2) is 6.73. The molecule has 0 bridgehead atoms. The molecule has 1 aliphatic heterocycles. The van der Waals surface area contributed by atoms with Crippen molar-refractivity contribution in [2.45, 2.75) is 31.3 Å². The molecule has 1 aromatic heterocycles. The molecule has 0 radical (unpaired) electrons. The van der Waals surface area contributed by atoms with Gasteiger partial charge in [0.1, 0.15) is 5.76 Å². The minimum absolute atomic E-state index is 0.0341. The first kappa shape index (κ1) is 14.1. The molecule has 2 heterocycles. The van der Waals surface area contributed by atoms with Gasteiger partial charge in [-0.25, -0.2) is 0 Å². The molecule has 1 fully saturated rings. The monoisotopic (exact) mass is 265 g/mol. The van der Waals surface area contributed by atoms with E-state index in [0.29, 0.717) is 6.54 Å². The number of hydrogen-bond acceptors (Lipinski definition) is 4. The average molecular weight is 265 g/mol. The molecule has 2 rings (SSSR count). The van der Waals surface area contributed by atoms with Crippen LogP contribution in [0, 0.1) is 0 Å². The highest BCUT2D eigenvalue weighted by Crippen LogP contribution is 2.17. The molecule has 0 aliphatic carbocycles. The van der Waals surface area contributed by atoms with Gasteiger partial charge in [0.15, 0.2) is 0 Å². The van der Waals surface area contributed by atoms with Crippen LogP contribution in [-0.4, -0.2) is 44.0 Å². The molecular weight excluding hydrogens is 242 g/mol. The third-order valence-electron chi connectivity index (χ3n) is 3.59. The van der Waals surface area contributed by atoms with E-state index in [1.54, 1.807) is 6.26 Å². The number of carbonyl (C=O) groups is 1. The Morgan fingerprint density at radius 1 is 1.58 bits per heavy atom. The van der Waals surface area contributed by atoms with Gasteiger partial charge in [-0.2, -0.15) is 0 Å². The van der Waals surface area contributed by atoms with Crippen LogP contribution in [0.15, 0.2) is 22.8 Å². The number of rotatable bonds is 5. The molecule has 1 aliphatic rings. The van der Waals surface area contributed by atoms with Gasteiger partial charge >= 0.3 is 0 Å². The Hall–Kier alpha value is -1.33. The van der Waals surface area contributed by atoms with Gasteiger partial charge in [-0.1, -0.05) is 6.42 Å². The molecule has 5 nitrogen and oxygen atoms in total. The van der Waals surface area contributed by atoms with Crippen molar-refractivity contribution in [3.05, 3.63) is 24.2 Å². The summed E-state index contributed by atoms with van der Waals surface area (Å²) in [6.07, 6.45) is 4.88. The summed E-state index contributed by atoms with van der Waals surface area (Å²) in [6.45, 7) is 1.50. The summed E-state index contributed by atoms with van der Waals surface area (Å²) in [5, 5.41) is 6.28. The van der Waals surface area contributed by atoms with E-state index in [4.69, 9.17) is 4.42 Å². The topological polar surface area (TPSA) is 57.5 Å². The van der Waals surface area contributed by atoms with E-state index < -0.39 is 0 Å². The fraction of sp³-hybridized carbons (Fsp3) is 0.643. The van der Waals surface area contributed by atoms with E-state index in [9.17, 15) is 4.79 Å². The van der Waals surface area contributed by atoms with Crippen molar-refractivity contribution in [3.8, 4) is 0 Å². The van der Waals surface area contributed by atoms with Gasteiger partial charge in [-0.05, 0) is 45.6 Å². The van der Waals surface area contributed by atoms with Crippen molar-refractivity contribution < 1.29 is 9.21 Å². The Kier molecular flexibility index (Phi) is 4.99. The summed E-state index contributed by atoms with van der Waals surface area (Å²) in [5.41, 5.74) is 0. The highest BCUT2D eigenvalue weighted by atomic mass is 16.3. The molecule has 1 aromatic rings. The SMILES string of the molecule is CN(C)C(CNC(=O)[C@@H]1CCCCN1)c1ccco1. The summed E-state index contributed by atoms with van der Waals surface area (Å²) in [6, 6.07) is 3.85. The van der Waals surface area contributed by atoms with Crippen molar-refractivity contribution in [2.24, 2.45) is 0 Å². The standard InChI is InChI=1S/C14H23N3O2/c1-17(2)12(13-7-5-9-19-13)10-16-14(18)11-6-3-4-8-15-11/h5,7,9,11-12,15H,3-4,6,8,10H2,1-2H3,(H,16,18)/t11-,12?/m0/s1. The lowest BCUT2D eigenvalue weighted by Gasteiger charge is -2.26. The van der Waals surface area contributed by atoms with Crippen LogP contribution in [0.5, 0.6) is 0 Å². The minimum atomic E-state index is -0.0341. The molecule has 2 atom stereocenters. The number of nitrogens with zero attached hydrogens (tertiary/aromatic N) is 1. The molecule has 0 saturated carbocycles. The van der Waals surface area contributed by atoms with Crippen LogP contribution in [0.2, 0.25) is 0 Å². The van der Waals surface area contributed by atoms with Crippen LogP contribution in [0.25, 0.3) is 0 Å². The highest BCUT2D eigenvalue weighted by Gasteiger charge is 2.23. The second-order valence-corrected chi connectivity index (χ2v) is 5.24. The summed E-state index contributed by atoms with van der Waals surface area (Å²) in [4.78, 5) is 14.1. The third kappa shape index (κ3) is 3.81. The molecule has 106 valence electrons. The smallest absolute Gasteiger partial charge is 0.237 e. The van der Waals surface area contributed by atoms with Gasteiger partial charge in [0.2, 0.25) is 5.91 Å². The average Bonchev–Trinajstić information content (AvgIpc) is 2.93. The van der Waals surface area contributed by atoms with E-state index >= 15 is 0 Å². The first-order chi connectivity index (χ1) is 9.18. The van der Waals surface area contributed by atoms with Crippen LogP contribution in [0.1, 0.15) is 31.1 Å². The van der Waals surface area contributed by atoms with Gasteiger partial charge in [0.05, 0.1) is 18.3 Å². The maximum Gasteiger partial charge on any atom is 0.237 e. The zero-order valence-corrected chi connectivity index (χ0v) is 11.7. The molecule has 0 aromatic carbocycles. The van der Waals surface area contributed by atoms with Crippen LogP contribution >= 0.6 is 0 Å². The van der Waals surface area contributed by atoms with Crippen molar-refractivity contribution >= 4 is 5.91 Å². The Bertz CT molecular complexity index is 383. The molecule has 2 N–H and O–H groups in total. The normalized spacial score (nSPS) is 21.3. The van der Waals surface area contributed by atoms with Crippen molar-refractivity contribution in [1.29, 1.82) is 0 Å². The van der Waals surface area contributed by atoms with Gasteiger partial charge in [-0.15, -0.1) is 0 Å².